The van der Waals surface area contributed by atoms with Crippen molar-refractivity contribution in [2.45, 2.75) is 65.8 Å². The van der Waals surface area contributed by atoms with E-state index in [-0.39, 0.29) is 0 Å². The van der Waals surface area contributed by atoms with Crippen molar-refractivity contribution in [3.8, 4) is 0 Å². The van der Waals surface area contributed by atoms with E-state index in [4.69, 9.17) is 0 Å². The van der Waals surface area contributed by atoms with Gasteiger partial charge in [-0.15, -0.1) is 0 Å². The Bertz CT molecular complexity index is 232. The largest absolute Gasteiger partial charge is 0.313 e. The first-order chi connectivity index (χ1) is 7.57. The topological polar surface area (TPSA) is 12.0 Å². The molecule has 16 heavy (non-hydrogen) atoms. The number of nitrogens with one attached hydrogen (secondary N) is 1. The zero-order chi connectivity index (χ0) is 11.8. The third-order valence-corrected chi connectivity index (χ3v) is 5.32. The van der Waals surface area contributed by atoms with E-state index in [0.29, 0.717) is 5.41 Å². The fraction of sp³-hybridized carbons (Fsp3) is 1.00. The summed E-state index contributed by atoms with van der Waals surface area (Å²) in [4.78, 5) is 0. The first-order valence-corrected chi connectivity index (χ1v) is 7.30. The van der Waals surface area contributed by atoms with E-state index in [0.717, 1.165) is 30.3 Å². The van der Waals surface area contributed by atoms with Gasteiger partial charge in [0, 0.05) is 6.04 Å². The highest BCUT2D eigenvalue weighted by Gasteiger charge is 2.48. The van der Waals surface area contributed by atoms with Crippen molar-refractivity contribution in [1.29, 1.82) is 0 Å². The van der Waals surface area contributed by atoms with Crippen molar-refractivity contribution in [3.63, 3.8) is 0 Å². The van der Waals surface area contributed by atoms with Gasteiger partial charge in [0.2, 0.25) is 0 Å². The van der Waals surface area contributed by atoms with Crippen LogP contribution in [0.25, 0.3) is 0 Å². The van der Waals surface area contributed by atoms with Gasteiger partial charge in [-0.25, -0.2) is 0 Å². The van der Waals surface area contributed by atoms with Gasteiger partial charge in [0.25, 0.3) is 0 Å². The molecule has 2 fully saturated rings. The minimum atomic E-state index is 0.640. The van der Waals surface area contributed by atoms with Crippen molar-refractivity contribution in [2.75, 3.05) is 6.54 Å². The monoisotopic (exact) mass is 223 g/mol. The smallest absolute Gasteiger partial charge is 0.0149 e. The molecule has 0 aromatic carbocycles. The molecule has 2 aliphatic rings. The molecule has 0 heterocycles. The highest BCUT2D eigenvalue weighted by atomic mass is 14.9. The summed E-state index contributed by atoms with van der Waals surface area (Å²) in [5, 5.41) is 3.79. The fourth-order valence-corrected chi connectivity index (χ4v) is 3.60. The van der Waals surface area contributed by atoms with E-state index in [2.05, 4.69) is 33.0 Å². The van der Waals surface area contributed by atoms with Crippen LogP contribution in [0.4, 0.5) is 0 Å². The summed E-state index contributed by atoms with van der Waals surface area (Å²) >= 11 is 0. The van der Waals surface area contributed by atoms with Crippen molar-refractivity contribution < 1.29 is 0 Å². The van der Waals surface area contributed by atoms with E-state index in [1.165, 1.54) is 32.1 Å². The average Bonchev–Trinajstić information content (AvgIpc) is 2.98. The second-order valence-corrected chi connectivity index (χ2v) is 6.72. The lowest BCUT2D eigenvalue weighted by molar-refractivity contribution is 0.139. The van der Waals surface area contributed by atoms with Crippen LogP contribution in [0.5, 0.6) is 0 Å². The van der Waals surface area contributed by atoms with Gasteiger partial charge < -0.3 is 5.32 Å². The molecule has 0 saturated heterocycles. The first-order valence-electron chi connectivity index (χ1n) is 7.30. The SMILES string of the molecule is CCNC(C1CCC(C)C(C)C1)C1(C)CC1. The molecule has 0 spiro atoms. The highest BCUT2D eigenvalue weighted by Crippen LogP contribution is 2.52. The first kappa shape index (κ1) is 12.4. The Morgan fingerprint density at radius 1 is 1.19 bits per heavy atom. The molecule has 2 saturated carbocycles. The molecule has 0 radical (unpaired) electrons. The minimum absolute atomic E-state index is 0.640. The van der Waals surface area contributed by atoms with Crippen LogP contribution in [0.15, 0.2) is 0 Å². The van der Waals surface area contributed by atoms with Crippen LogP contribution in [0, 0.1) is 23.2 Å². The maximum Gasteiger partial charge on any atom is 0.0149 e. The molecule has 0 amide bonds. The van der Waals surface area contributed by atoms with Crippen molar-refractivity contribution in [3.05, 3.63) is 0 Å². The molecule has 1 N–H and O–H groups in total. The van der Waals surface area contributed by atoms with Crippen molar-refractivity contribution in [2.24, 2.45) is 23.2 Å². The highest BCUT2D eigenvalue weighted by molar-refractivity contribution is 5.02. The molecule has 1 heteroatoms. The fourth-order valence-electron chi connectivity index (χ4n) is 3.60. The average molecular weight is 223 g/mol. The van der Waals surface area contributed by atoms with E-state index in [1.807, 2.05) is 0 Å². The van der Waals surface area contributed by atoms with Crippen LogP contribution in [-0.4, -0.2) is 12.6 Å². The Labute approximate surface area is 101 Å². The molecular weight excluding hydrogens is 194 g/mol. The van der Waals surface area contributed by atoms with E-state index < -0.39 is 0 Å². The van der Waals surface area contributed by atoms with Crippen LogP contribution in [0.3, 0.4) is 0 Å². The molecule has 4 unspecified atom stereocenters. The predicted molar refractivity (Wildman–Crippen MR) is 70.5 cm³/mol. The molecule has 2 rings (SSSR count). The molecule has 0 aromatic rings. The summed E-state index contributed by atoms with van der Waals surface area (Å²) < 4.78 is 0. The Morgan fingerprint density at radius 3 is 2.38 bits per heavy atom. The summed E-state index contributed by atoms with van der Waals surface area (Å²) in [6.07, 6.45) is 7.26. The van der Waals surface area contributed by atoms with Crippen molar-refractivity contribution >= 4 is 0 Å². The van der Waals surface area contributed by atoms with Gasteiger partial charge in [-0.2, -0.15) is 0 Å². The van der Waals surface area contributed by atoms with Crippen molar-refractivity contribution in [1.82, 2.24) is 5.32 Å². The standard InChI is InChI=1S/C15H29N/c1-5-16-14(15(4)8-9-15)13-7-6-11(2)12(3)10-13/h11-14,16H,5-10H2,1-4H3. The van der Waals surface area contributed by atoms with Crippen LogP contribution in [0.1, 0.15) is 59.8 Å². The van der Waals surface area contributed by atoms with Gasteiger partial charge in [-0.3, -0.25) is 0 Å². The third kappa shape index (κ3) is 2.45. The van der Waals surface area contributed by atoms with Crippen LogP contribution in [-0.2, 0) is 0 Å². The zero-order valence-electron chi connectivity index (χ0n) is 11.6. The number of hydrogen-bond donors (Lipinski definition) is 1. The maximum absolute atomic E-state index is 3.79. The summed E-state index contributed by atoms with van der Waals surface area (Å²) in [6.45, 7) is 10.8. The Kier molecular flexibility index (Phi) is 3.63. The number of hydrogen-bond acceptors (Lipinski definition) is 1. The lowest BCUT2D eigenvalue weighted by atomic mass is 9.70. The van der Waals surface area contributed by atoms with Gasteiger partial charge in [0.15, 0.2) is 0 Å². The Hall–Kier alpha value is -0.0400. The zero-order valence-corrected chi connectivity index (χ0v) is 11.6. The molecule has 2 aliphatic carbocycles. The van der Waals surface area contributed by atoms with Crippen LogP contribution >= 0.6 is 0 Å². The lowest BCUT2D eigenvalue weighted by Gasteiger charge is -2.40. The molecular formula is C15H29N. The van der Waals surface area contributed by atoms with Gasteiger partial charge in [0.05, 0.1) is 0 Å². The molecule has 0 aromatic heterocycles. The van der Waals surface area contributed by atoms with E-state index in [9.17, 15) is 0 Å². The predicted octanol–water partition coefficient (Wildman–Crippen LogP) is 3.84. The molecule has 4 atom stereocenters. The van der Waals surface area contributed by atoms with Gasteiger partial charge in [0.1, 0.15) is 0 Å². The Balaban J connectivity index is 1.98. The quantitative estimate of drug-likeness (QED) is 0.763. The normalized spacial score (nSPS) is 39.4. The summed E-state index contributed by atoms with van der Waals surface area (Å²) in [7, 11) is 0. The maximum atomic E-state index is 3.79. The second kappa shape index (κ2) is 4.68. The van der Waals surface area contributed by atoms with Crippen LogP contribution in [0.2, 0.25) is 0 Å². The minimum Gasteiger partial charge on any atom is -0.313 e. The van der Waals surface area contributed by atoms with Crippen LogP contribution < -0.4 is 5.32 Å². The Morgan fingerprint density at radius 2 is 1.88 bits per heavy atom. The summed E-state index contributed by atoms with van der Waals surface area (Å²) in [5.41, 5.74) is 0.640. The molecule has 0 bridgehead atoms. The molecule has 0 aliphatic heterocycles. The number of rotatable bonds is 4. The summed E-state index contributed by atoms with van der Waals surface area (Å²) in [5.74, 6) is 2.83. The van der Waals surface area contributed by atoms with E-state index in [1.54, 1.807) is 0 Å². The van der Waals surface area contributed by atoms with Gasteiger partial charge >= 0.3 is 0 Å². The second-order valence-electron chi connectivity index (χ2n) is 6.72. The third-order valence-electron chi connectivity index (χ3n) is 5.32. The van der Waals surface area contributed by atoms with Gasteiger partial charge in [-0.05, 0) is 55.4 Å². The lowest BCUT2D eigenvalue weighted by Crippen LogP contribution is -2.44. The summed E-state index contributed by atoms with van der Waals surface area (Å²) in [6, 6.07) is 0.799. The molecule has 94 valence electrons. The van der Waals surface area contributed by atoms with E-state index >= 15 is 0 Å². The van der Waals surface area contributed by atoms with Gasteiger partial charge in [-0.1, -0.05) is 34.1 Å². The molecule has 1 nitrogen and oxygen atoms in total.